The second-order valence-electron chi connectivity index (χ2n) is 8.14. The lowest BCUT2D eigenvalue weighted by Crippen LogP contribution is -2.55. The first-order chi connectivity index (χ1) is 7.84. The van der Waals surface area contributed by atoms with E-state index in [1.807, 2.05) is 0 Å². The molecule has 1 rings (SSSR count). The van der Waals surface area contributed by atoms with Crippen molar-refractivity contribution in [3.8, 4) is 0 Å². The van der Waals surface area contributed by atoms with Crippen LogP contribution in [0.15, 0.2) is 12.4 Å². The predicted octanol–water partition coefficient (Wildman–Crippen LogP) is 4.04. The Hall–Kier alpha value is -0.153. The molecule has 0 saturated carbocycles. The van der Waals surface area contributed by atoms with Crippen LogP contribution in [0.1, 0.15) is 61.8 Å². The monoisotopic (exact) mass is 288 g/mol. The van der Waals surface area contributed by atoms with Crippen molar-refractivity contribution in [2.75, 3.05) is 0 Å². The number of rotatable bonds is 2. The molecule has 0 saturated heterocycles. The Bertz CT molecular complexity index is 326. The Kier molecular flexibility index (Phi) is 4.20. The van der Waals surface area contributed by atoms with Gasteiger partial charge in [-0.1, -0.05) is 20.8 Å². The SMILES string of the molecule is CC(C)(C)CC(C)(C)N1C=CN(C(C)(C)C)[SiH]1Cl. The van der Waals surface area contributed by atoms with E-state index in [2.05, 4.69) is 76.9 Å². The van der Waals surface area contributed by atoms with Crippen LogP contribution < -0.4 is 0 Å². The fraction of sp³-hybridized carbons (Fsp3) is 0.857. The van der Waals surface area contributed by atoms with Crippen molar-refractivity contribution in [2.45, 2.75) is 72.9 Å². The summed E-state index contributed by atoms with van der Waals surface area (Å²) in [6.07, 6.45) is 5.51. The lowest BCUT2D eigenvalue weighted by molar-refractivity contribution is 0.186. The van der Waals surface area contributed by atoms with E-state index in [0.29, 0.717) is 5.41 Å². The third-order valence-electron chi connectivity index (χ3n) is 3.28. The van der Waals surface area contributed by atoms with Crippen LogP contribution in [0.2, 0.25) is 0 Å². The van der Waals surface area contributed by atoms with Crippen molar-refractivity contribution in [1.29, 1.82) is 0 Å². The molecular weight excluding hydrogens is 260 g/mol. The zero-order valence-corrected chi connectivity index (χ0v) is 15.1. The Labute approximate surface area is 119 Å². The fourth-order valence-corrected chi connectivity index (χ4v) is 6.92. The van der Waals surface area contributed by atoms with E-state index in [-0.39, 0.29) is 11.1 Å². The Morgan fingerprint density at radius 3 is 1.67 bits per heavy atom. The van der Waals surface area contributed by atoms with Gasteiger partial charge in [0.15, 0.2) is 0 Å². The highest BCUT2D eigenvalue weighted by atomic mass is 35.6. The fourth-order valence-electron chi connectivity index (χ4n) is 2.84. The second-order valence-corrected chi connectivity index (χ2v) is 11.0. The molecule has 4 heteroatoms. The average Bonchev–Trinajstić information content (AvgIpc) is 2.41. The summed E-state index contributed by atoms with van der Waals surface area (Å²) >= 11 is 6.77. The van der Waals surface area contributed by atoms with Crippen molar-refractivity contribution in [3.05, 3.63) is 12.4 Å². The van der Waals surface area contributed by atoms with Crippen molar-refractivity contribution < 1.29 is 0 Å². The zero-order valence-electron chi connectivity index (χ0n) is 13.2. The Morgan fingerprint density at radius 1 is 0.889 bits per heavy atom. The molecule has 0 aliphatic carbocycles. The first kappa shape index (κ1) is 15.9. The third kappa shape index (κ3) is 3.67. The number of halogens is 1. The minimum Gasteiger partial charge on any atom is -0.372 e. The molecule has 0 aromatic heterocycles. The van der Waals surface area contributed by atoms with Crippen LogP contribution in [-0.4, -0.2) is 28.6 Å². The molecule has 1 aliphatic heterocycles. The maximum atomic E-state index is 6.77. The molecular formula is C14H29ClN2Si. The molecule has 1 heterocycles. The smallest absolute Gasteiger partial charge is 0.349 e. The van der Waals surface area contributed by atoms with Crippen molar-refractivity contribution in [1.82, 2.24) is 9.13 Å². The van der Waals surface area contributed by atoms with Gasteiger partial charge in [-0.25, -0.2) is 0 Å². The maximum absolute atomic E-state index is 6.77. The van der Waals surface area contributed by atoms with Crippen LogP contribution in [0.5, 0.6) is 0 Å². The van der Waals surface area contributed by atoms with Crippen LogP contribution in [0.4, 0.5) is 0 Å². The van der Waals surface area contributed by atoms with Gasteiger partial charge in [-0.2, -0.15) is 0 Å². The Balaban J connectivity index is 2.85. The van der Waals surface area contributed by atoms with Crippen LogP contribution in [-0.2, 0) is 0 Å². The molecule has 0 aromatic rings. The molecule has 0 radical (unpaired) electrons. The van der Waals surface area contributed by atoms with Crippen molar-refractivity contribution >= 4 is 19.5 Å². The average molecular weight is 289 g/mol. The summed E-state index contributed by atoms with van der Waals surface area (Å²) in [5.74, 6) is 0. The molecule has 0 spiro atoms. The molecule has 1 unspecified atom stereocenters. The van der Waals surface area contributed by atoms with Crippen LogP contribution in [0.25, 0.3) is 0 Å². The Morgan fingerprint density at radius 2 is 1.33 bits per heavy atom. The highest BCUT2D eigenvalue weighted by Crippen LogP contribution is 2.36. The molecule has 1 atom stereocenters. The largest absolute Gasteiger partial charge is 0.372 e. The van der Waals surface area contributed by atoms with E-state index in [4.69, 9.17) is 11.1 Å². The molecule has 0 amide bonds. The maximum Gasteiger partial charge on any atom is 0.349 e. The summed E-state index contributed by atoms with van der Waals surface area (Å²) in [5.41, 5.74) is 0.548. The normalized spacial score (nSPS) is 21.9. The van der Waals surface area contributed by atoms with E-state index >= 15 is 0 Å². The summed E-state index contributed by atoms with van der Waals surface area (Å²) in [4.78, 5) is 0. The molecule has 1 aliphatic rings. The second kappa shape index (κ2) is 4.75. The third-order valence-corrected chi connectivity index (χ3v) is 7.28. The van der Waals surface area contributed by atoms with Crippen LogP contribution in [0, 0.1) is 5.41 Å². The summed E-state index contributed by atoms with van der Waals surface area (Å²) < 4.78 is 4.75. The number of nitrogens with zero attached hydrogens (tertiary/aromatic N) is 2. The lowest BCUT2D eigenvalue weighted by Gasteiger charge is -2.45. The molecule has 18 heavy (non-hydrogen) atoms. The summed E-state index contributed by atoms with van der Waals surface area (Å²) in [6, 6.07) is 0. The van der Waals surface area contributed by atoms with Crippen LogP contribution >= 0.6 is 11.1 Å². The summed E-state index contributed by atoms with van der Waals surface area (Å²) in [5, 5.41) is 0. The first-order valence-corrected chi connectivity index (χ1v) is 9.52. The molecule has 0 bridgehead atoms. The summed E-state index contributed by atoms with van der Waals surface area (Å²) in [7, 11) is -1.59. The van der Waals surface area contributed by atoms with Gasteiger partial charge in [0, 0.05) is 23.5 Å². The topological polar surface area (TPSA) is 6.48 Å². The molecule has 2 nitrogen and oxygen atoms in total. The lowest BCUT2D eigenvalue weighted by atomic mass is 9.82. The minimum atomic E-state index is -1.59. The molecule has 0 N–H and O–H groups in total. The summed E-state index contributed by atoms with van der Waals surface area (Å²) in [6.45, 7) is 18.1. The van der Waals surface area contributed by atoms with E-state index < -0.39 is 8.43 Å². The van der Waals surface area contributed by atoms with Gasteiger partial charge in [-0.3, -0.25) is 0 Å². The molecule has 0 aromatic carbocycles. The number of hydrogen-bond acceptors (Lipinski definition) is 2. The first-order valence-electron chi connectivity index (χ1n) is 6.74. The quantitative estimate of drug-likeness (QED) is 0.559. The standard InChI is InChI=1S/C14H29ClN2Si/c1-12(2,3)11-14(7,8)17-10-9-16(18(17)15)13(4,5)6/h9-10,18H,11H2,1-8H3. The predicted molar refractivity (Wildman–Crippen MR) is 83.7 cm³/mol. The van der Waals surface area contributed by atoms with Gasteiger partial charge in [-0.05, 0) is 46.5 Å². The van der Waals surface area contributed by atoms with E-state index in [9.17, 15) is 0 Å². The van der Waals surface area contributed by atoms with E-state index in [0.717, 1.165) is 6.42 Å². The van der Waals surface area contributed by atoms with Gasteiger partial charge < -0.3 is 9.13 Å². The van der Waals surface area contributed by atoms with Crippen molar-refractivity contribution in [2.24, 2.45) is 5.41 Å². The highest BCUT2D eigenvalue weighted by Gasteiger charge is 2.41. The van der Waals surface area contributed by atoms with Gasteiger partial charge >= 0.3 is 8.43 Å². The molecule has 106 valence electrons. The number of hydrogen-bond donors (Lipinski definition) is 0. The zero-order chi connectivity index (χ0) is 14.4. The van der Waals surface area contributed by atoms with Gasteiger partial charge in [0.25, 0.3) is 0 Å². The van der Waals surface area contributed by atoms with Gasteiger partial charge in [-0.15, -0.1) is 11.1 Å². The van der Waals surface area contributed by atoms with Gasteiger partial charge in [0.2, 0.25) is 0 Å². The van der Waals surface area contributed by atoms with E-state index in [1.165, 1.54) is 0 Å². The van der Waals surface area contributed by atoms with E-state index in [1.54, 1.807) is 0 Å². The molecule has 0 fully saturated rings. The van der Waals surface area contributed by atoms with Crippen LogP contribution in [0.3, 0.4) is 0 Å². The van der Waals surface area contributed by atoms with Gasteiger partial charge in [0.1, 0.15) is 0 Å². The highest BCUT2D eigenvalue weighted by molar-refractivity contribution is 7.04. The minimum absolute atomic E-state index is 0.113. The van der Waals surface area contributed by atoms with Gasteiger partial charge in [0.05, 0.1) is 0 Å². The van der Waals surface area contributed by atoms with Crippen molar-refractivity contribution in [3.63, 3.8) is 0 Å².